The lowest BCUT2D eigenvalue weighted by atomic mass is 10.2. The van der Waals surface area contributed by atoms with Gasteiger partial charge in [-0.25, -0.2) is 13.1 Å². The molecule has 0 aromatic heterocycles. The SMILES string of the molecule is Cc1cc(Cl)c(N)cc1S(=O)(=O)NCC1(C)CC1. The van der Waals surface area contributed by atoms with Crippen molar-refractivity contribution in [3.05, 3.63) is 22.7 Å². The standard InChI is InChI=1S/C12H17ClN2O2S/c1-8-5-9(13)10(14)6-11(8)18(16,17)15-7-12(2)3-4-12/h5-6,15H,3-4,7,14H2,1-2H3. The van der Waals surface area contributed by atoms with Gasteiger partial charge in [0.15, 0.2) is 0 Å². The zero-order valence-electron chi connectivity index (χ0n) is 10.5. The number of aryl methyl sites for hydroxylation is 1. The molecule has 100 valence electrons. The molecule has 0 bridgehead atoms. The van der Waals surface area contributed by atoms with Crippen molar-refractivity contribution >= 4 is 27.3 Å². The van der Waals surface area contributed by atoms with E-state index in [2.05, 4.69) is 11.6 Å². The van der Waals surface area contributed by atoms with Crippen molar-refractivity contribution in [2.24, 2.45) is 5.41 Å². The number of benzene rings is 1. The first-order chi connectivity index (χ1) is 8.23. The molecule has 3 N–H and O–H groups in total. The molecule has 1 aliphatic rings. The van der Waals surface area contributed by atoms with Gasteiger partial charge in [-0.1, -0.05) is 18.5 Å². The Morgan fingerprint density at radius 3 is 2.61 bits per heavy atom. The first-order valence-corrected chi connectivity index (χ1v) is 7.65. The van der Waals surface area contributed by atoms with Gasteiger partial charge in [-0.05, 0) is 42.9 Å². The summed E-state index contributed by atoms with van der Waals surface area (Å²) in [6, 6.07) is 2.99. The molecule has 6 heteroatoms. The third-order valence-electron chi connectivity index (χ3n) is 3.38. The van der Waals surface area contributed by atoms with Crippen LogP contribution in [0.2, 0.25) is 5.02 Å². The molecule has 1 aromatic rings. The molecule has 0 radical (unpaired) electrons. The summed E-state index contributed by atoms with van der Waals surface area (Å²) in [5.41, 5.74) is 6.66. The Balaban J connectivity index is 2.26. The van der Waals surface area contributed by atoms with Crippen molar-refractivity contribution in [3.8, 4) is 0 Å². The van der Waals surface area contributed by atoms with Crippen LogP contribution < -0.4 is 10.5 Å². The van der Waals surface area contributed by atoms with Crippen molar-refractivity contribution in [1.82, 2.24) is 4.72 Å². The zero-order chi connectivity index (χ0) is 13.6. The van der Waals surface area contributed by atoms with E-state index in [-0.39, 0.29) is 16.0 Å². The highest BCUT2D eigenvalue weighted by molar-refractivity contribution is 7.89. The number of hydrogen-bond donors (Lipinski definition) is 2. The van der Waals surface area contributed by atoms with Crippen molar-refractivity contribution in [2.45, 2.75) is 31.6 Å². The van der Waals surface area contributed by atoms with E-state index in [0.29, 0.717) is 17.1 Å². The fourth-order valence-corrected chi connectivity index (χ4v) is 3.37. The average molecular weight is 289 g/mol. The smallest absolute Gasteiger partial charge is 0.240 e. The third-order valence-corrected chi connectivity index (χ3v) is 5.25. The van der Waals surface area contributed by atoms with E-state index < -0.39 is 10.0 Å². The first kappa shape index (κ1) is 13.6. The maximum absolute atomic E-state index is 12.2. The Morgan fingerprint density at radius 1 is 1.44 bits per heavy atom. The predicted octanol–water partition coefficient (Wildman–Crippen LogP) is 2.31. The molecule has 4 nitrogen and oxygen atoms in total. The van der Waals surface area contributed by atoms with Crippen LogP contribution in [0.1, 0.15) is 25.3 Å². The minimum absolute atomic E-state index is 0.124. The Morgan fingerprint density at radius 2 is 2.06 bits per heavy atom. The number of nitrogens with two attached hydrogens (primary N) is 1. The molecule has 0 amide bonds. The molecule has 18 heavy (non-hydrogen) atoms. The molecule has 1 saturated carbocycles. The average Bonchev–Trinajstić information content (AvgIpc) is 3.00. The molecule has 0 unspecified atom stereocenters. The second-order valence-electron chi connectivity index (χ2n) is 5.27. The van der Waals surface area contributed by atoms with Crippen molar-refractivity contribution in [3.63, 3.8) is 0 Å². The molecular weight excluding hydrogens is 272 g/mol. The van der Waals surface area contributed by atoms with Gasteiger partial charge in [0, 0.05) is 6.54 Å². The van der Waals surface area contributed by atoms with Crippen LogP contribution in [0.4, 0.5) is 5.69 Å². The quantitative estimate of drug-likeness (QED) is 0.835. The monoisotopic (exact) mass is 288 g/mol. The summed E-state index contributed by atoms with van der Waals surface area (Å²) in [6.45, 7) is 4.24. The van der Waals surface area contributed by atoms with Crippen LogP contribution in [0.5, 0.6) is 0 Å². The lowest BCUT2D eigenvalue weighted by Gasteiger charge is -2.13. The number of nitrogen functional groups attached to an aromatic ring is 1. The molecule has 0 spiro atoms. The van der Waals surface area contributed by atoms with Gasteiger partial charge in [0.05, 0.1) is 15.6 Å². The van der Waals surface area contributed by atoms with Gasteiger partial charge in [-0.15, -0.1) is 0 Å². The largest absolute Gasteiger partial charge is 0.397 e. The Kier molecular flexibility index (Phi) is 3.34. The molecular formula is C12H17ClN2O2S. The number of nitrogens with one attached hydrogen (secondary N) is 1. The zero-order valence-corrected chi connectivity index (χ0v) is 12.0. The fourth-order valence-electron chi connectivity index (χ4n) is 1.70. The van der Waals surface area contributed by atoms with Gasteiger partial charge in [-0.3, -0.25) is 0 Å². The lowest BCUT2D eigenvalue weighted by Crippen LogP contribution is -2.29. The number of hydrogen-bond acceptors (Lipinski definition) is 3. The summed E-state index contributed by atoms with van der Waals surface area (Å²) in [6.07, 6.45) is 2.13. The highest BCUT2D eigenvalue weighted by Crippen LogP contribution is 2.44. The number of anilines is 1. The third kappa shape index (κ3) is 2.79. The summed E-state index contributed by atoms with van der Waals surface area (Å²) in [4.78, 5) is 0.202. The van der Waals surface area contributed by atoms with Gasteiger partial charge in [0.25, 0.3) is 0 Å². The second-order valence-corrected chi connectivity index (χ2v) is 7.42. The van der Waals surface area contributed by atoms with Crippen molar-refractivity contribution < 1.29 is 8.42 Å². The van der Waals surface area contributed by atoms with Crippen LogP contribution in [0.25, 0.3) is 0 Å². The summed E-state index contributed by atoms with van der Waals surface area (Å²) in [5, 5.41) is 0.376. The lowest BCUT2D eigenvalue weighted by molar-refractivity contribution is 0.530. The summed E-state index contributed by atoms with van der Waals surface area (Å²) in [5.74, 6) is 0. The topological polar surface area (TPSA) is 72.2 Å². The van der Waals surface area contributed by atoms with Gasteiger partial charge >= 0.3 is 0 Å². The van der Waals surface area contributed by atoms with Crippen LogP contribution in [-0.2, 0) is 10.0 Å². The second kappa shape index (κ2) is 4.40. The highest BCUT2D eigenvalue weighted by atomic mass is 35.5. The summed E-state index contributed by atoms with van der Waals surface area (Å²) >= 11 is 5.86. The van der Waals surface area contributed by atoms with Crippen LogP contribution in [-0.4, -0.2) is 15.0 Å². The fraction of sp³-hybridized carbons (Fsp3) is 0.500. The van der Waals surface area contributed by atoms with E-state index in [1.807, 2.05) is 0 Å². The van der Waals surface area contributed by atoms with E-state index in [9.17, 15) is 8.42 Å². The Labute approximate surface area is 113 Å². The molecule has 1 aliphatic carbocycles. The summed E-state index contributed by atoms with van der Waals surface area (Å²) in [7, 11) is -3.51. The predicted molar refractivity (Wildman–Crippen MR) is 73.1 cm³/mol. The van der Waals surface area contributed by atoms with Crippen LogP contribution in [0.3, 0.4) is 0 Å². The maximum atomic E-state index is 12.2. The van der Waals surface area contributed by atoms with Crippen LogP contribution in [0, 0.1) is 12.3 Å². The van der Waals surface area contributed by atoms with Gasteiger partial charge in [0.1, 0.15) is 0 Å². The normalized spacial score (nSPS) is 17.7. The van der Waals surface area contributed by atoms with Gasteiger partial charge in [0.2, 0.25) is 10.0 Å². The Bertz CT molecular complexity index is 580. The van der Waals surface area contributed by atoms with E-state index in [4.69, 9.17) is 17.3 Å². The molecule has 0 saturated heterocycles. The van der Waals surface area contributed by atoms with E-state index in [0.717, 1.165) is 12.8 Å². The maximum Gasteiger partial charge on any atom is 0.240 e. The number of rotatable bonds is 4. The molecule has 0 heterocycles. The number of halogens is 1. The minimum atomic E-state index is -3.51. The molecule has 2 rings (SSSR count). The van der Waals surface area contributed by atoms with Crippen LogP contribution in [0.15, 0.2) is 17.0 Å². The van der Waals surface area contributed by atoms with Crippen molar-refractivity contribution in [1.29, 1.82) is 0 Å². The molecule has 1 aromatic carbocycles. The van der Waals surface area contributed by atoms with E-state index >= 15 is 0 Å². The van der Waals surface area contributed by atoms with E-state index in [1.54, 1.807) is 13.0 Å². The highest BCUT2D eigenvalue weighted by Gasteiger charge is 2.38. The minimum Gasteiger partial charge on any atom is -0.397 e. The molecule has 0 aliphatic heterocycles. The first-order valence-electron chi connectivity index (χ1n) is 5.79. The molecule has 0 atom stereocenters. The molecule has 1 fully saturated rings. The van der Waals surface area contributed by atoms with E-state index in [1.165, 1.54) is 6.07 Å². The number of sulfonamides is 1. The van der Waals surface area contributed by atoms with Gasteiger partial charge < -0.3 is 5.73 Å². The Hall–Kier alpha value is -0.780. The van der Waals surface area contributed by atoms with Gasteiger partial charge in [-0.2, -0.15) is 0 Å². The summed E-state index contributed by atoms with van der Waals surface area (Å²) < 4.78 is 27.0. The van der Waals surface area contributed by atoms with Crippen LogP contribution >= 0.6 is 11.6 Å². The van der Waals surface area contributed by atoms with Crippen molar-refractivity contribution in [2.75, 3.05) is 12.3 Å².